The molecule has 0 aromatic carbocycles. The quantitative estimate of drug-likeness (QED) is 0.905. The van der Waals surface area contributed by atoms with Crippen LogP contribution in [0.3, 0.4) is 0 Å². The Morgan fingerprint density at radius 3 is 2.70 bits per heavy atom. The van der Waals surface area contributed by atoms with Crippen LogP contribution in [0.1, 0.15) is 53.4 Å². The Bertz CT molecular complexity index is 681. The first-order valence-corrected chi connectivity index (χ1v) is 7.75. The molecule has 0 spiro atoms. The predicted octanol–water partition coefficient (Wildman–Crippen LogP) is 2.67. The Balaban J connectivity index is 1.77. The number of ether oxygens (including phenoxy) is 1. The van der Waals surface area contributed by atoms with E-state index < -0.39 is 5.60 Å². The van der Waals surface area contributed by atoms with Crippen LogP contribution in [0.5, 0.6) is 0 Å². The fraction of sp³-hybridized carbons (Fsp3) is 0.471. The summed E-state index contributed by atoms with van der Waals surface area (Å²) in [5, 5.41) is 13.6. The van der Waals surface area contributed by atoms with Crippen LogP contribution in [0.15, 0.2) is 33.3 Å². The SMILES string of the molecule is Cc1ccc(C(C)NC(=O)c2ccoc2C2(O)CCOCC2)o1. The van der Waals surface area contributed by atoms with E-state index in [1.54, 1.807) is 6.07 Å². The fourth-order valence-electron chi connectivity index (χ4n) is 2.82. The van der Waals surface area contributed by atoms with Gasteiger partial charge < -0.3 is 24.0 Å². The van der Waals surface area contributed by atoms with Crippen LogP contribution in [0.2, 0.25) is 0 Å². The number of furan rings is 2. The first kappa shape index (κ1) is 15.8. The van der Waals surface area contributed by atoms with E-state index >= 15 is 0 Å². The summed E-state index contributed by atoms with van der Waals surface area (Å²) < 4.78 is 16.2. The van der Waals surface area contributed by atoms with E-state index in [1.807, 2.05) is 26.0 Å². The van der Waals surface area contributed by atoms with E-state index in [-0.39, 0.29) is 11.9 Å². The van der Waals surface area contributed by atoms with E-state index in [2.05, 4.69) is 5.32 Å². The number of carbonyl (C=O) groups is 1. The molecule has 124 valence electrons. The van der Waals surface area contributed by atoms with Gasteiger partial charge in [0.1, 0.15) is 22.9 Å². The summed E-state index contributed by atoms with van der Waals surface area (Å²) in [4.78, 5) is 12.5. The number of rotatable bonds is 4. The van der Waals surface area contributed by atoms with Gasteiger partial charge in [-0.15, -0.1) is 0 Å². The Labute approximate surface area is 134 Å². The van der Waals surface area contributed by atoms with E-state index in [0.29, 0.717) is 43.1 Å². The summed E-state index contributed by atoms with van der Waals surface area (Å²) in [7, 11) is 0. The average molecular weight is 319 g/mol. The fourth-order valence-corrected chi connectivity index (χ4v) is 2.82. The third-order valence-electron chi connectivity index (χ3n) is 4.19. The average Bonchev–Trinajstić information content (AvgIpc) is 3.17. The number of hydrogen-bond donors (Lipinski definition) is 2. The van der Waals surface area contributed by atoms with Gasteiger partial charge in [-0.1, -0.05) is 0 Å². The van der Waals surface area contributed by atoms with Crippen LogP contribution < -0.4 is 5.32 Å². The highest BCUT2D eigenvalue weighted by atomic mass is 16.5. The van der Waals surface area contributed by atoms with Crippen LogP contribution in [-0.2, 0) is 10.3 Å². The summed E-state index contributed by atoms with van der Waals surface area (Å²) in [6, 6.07) is 5.00. The zero-order valence-corrected chi connectivity index (χ0v) is 13.3. The smallest absolute Gasteiger partial charge is 0.255 e. The van der Waals surface area contributed by atoms with E-state index in [9.17, 15) is 9.90 Å². The minimum atomic E-state index is -1.15. The molecule has 23 heavy (non-hydrogen) atoms. The second-order valence-corrected chi connectivity index (χ2v) is 5.95. The van der Waals surface area contributed by atoms with Crippen molar-refractivity contribution >= 4 is 5.91 Å². The van der Waals surface area contributed by atoms with Crippen molar-refractivity contribution in [3.05, 3.63) is 47.3 Å². The van der Waals surface area contributed by atoms with Crippen LogP contribution in [-0.4, -0.2) is 24.2 Å². The van der Waals surface area contributed by atoms with Crippen molar-refractivity contribution in [1.82, 2.24) is 5.32 Å². The number of amides is 1. The van der Waals surface area contributed by atoms with Gasteiger partial charge in [-0.3, -0.25) is 4.79 Å². The van der Waals surface area contributed by atoms with Gasteiger partial charge in [-0.2, -0.15) is 0 Å². The molecule has 2 aromatic heterocycles. The van der Waals surface area contributed by atoms with Crippen molar-refractivity contribution in [2.75, 3.05) is 13.2 Å². The van der Waals surface area contributed by atoms with Crippen molar-refractivity contribution in [2.45, 2.75) is 38.3 Å². The monoisotopic (exact) mass is 319 g/mol. The summed E-state index contributed by atoms with van der Waals surface area (Å²) in [5.74, 6) is 1.49. The third kappa shape index (κ3) is 3.18. The van der Waals surface area contributed by atoms with Gasteiger partial charge in [0.05, 0.1) is 17.9 Å². The maximum Gasteiger partial charge on any atom is 0.255 e. The molecule has 2 aromatic rings. The largest absolute Gasteiger partial charge is 0.465 e. The van der Waals surface area contributed by atoms with Gasteiger partial charge in [-0.05, 0) is 32.0 Å². The molecule has 1 saturated heterocycles. The molecule has 3 rings (SSSR count). The normalized spacial score (nSPS) is 18.6. The maximum atomic E-state index is 12.5. The molecule has 1 aliphatic heterocycles. The summed E-state index contributed by atoms with van der Waals surface area (Å²) in [6.45, 7) is 4.59. The highest BCUT2D eigenvalue weighted by Crippen LogP contribution is 2.34. The molecule has 0 bridgehead atoms. The summed E-state index contributed by atoms with van der Waals surface area (Å²) in [5.41, 5.74) is -0.802. The third-order valence-corrected chi connectivity index (χ3v) is 4.19. The molecule has 0 saturated carbocycles. The molecule has 2 N–H and O–H groups in total. The first-order valence-electron chi connectivity index (χ1n) is 7.75. The minimum absolute atomic E-state index is 0.275. The lowest BCUT2D eigenvalue weighted by Gasteiger charge is -2.30. The molecule has 6 nitrogen and oxygen atoms in total. The van der Waals surface area contributed by atoms with Crippen LogP contribution in [0.25, 0.3) is 0 Å². The molecule has 6 heteroatoms. The second kappa shape index (κ2) is 6.22. The van der Waals surface area contributed by atoms with E-state index in [0.717, 1.165) is 5.76 Å². The number of aryl methyl sites for hydroxylation is 1. The van der Waals surface area contributed by atoms with Gasteiger partial charge in [-0.25, -0.2) is 0 Å². The Kier molecular flexibility index (Phi) is 4.28. The van der Waals surface area contributed by atoms with Crippen molar-refractivity contribution in [3.63, 3.8) is 0 Å². The lowest BCUT2D eigenvalue weighted by atomic mass is 9.89. The molecule has 0 radical (unpaired) electrons. The molecule has 1 fully saturated rings. The predicted molar refractivity (Wildman–Crippen MR) is 82.0 cm³/mol. The van der Waals surface area contributed by atoms with E-state index in [1.165, 1.54) is 6.26 Å². The highest BCUT2D eigenvalue weighted by molar-refractivity contribution is 5.95. The first-order chi connectivity index (χ1) is 11.0. The van der Waals surface area contributed by atoms with Gasteiger partial charge in [0.15, 0.2) is 0 Å². The number of carbonyl (C=O) groups excluding carboxylic acids is 1. The minimum Gasteiger partial charge on any atom is -0.465 e. The van der Waals surface area contributed by atoms with Gasteiger partial charge in [0.25, 0.3) is 5.91 Å². The summed E-state index contributed by atoms with van der Waals surface area (Å²) >= 11 is 0. The standard InChI is InChI=1S/C17H21NO5/c1-11-3-4-14(23-11)12(2)18-16(19)13-5-8-22-15(13)17(20)6-9-21-10-7-17/h3-5,8,12,20H,6-7,9-10H2,1-2H3,(H,18,19). The van der Waals surface area contributed by atoms with Crippen molar-refractivity contribution in [2.24, 2.45) is 0 Å². The molecular formula is C17H21NO5. The molecule has 0 aliphatic carbocycles. The Morgan fingerprint density at radius 1 is 1.30 bits per heavy atom. The molecule has 3 heterocycles. The van der Waals surface area contributed by atoms with Gasteiger partial charge in [0.2, 0.25) is 0 Å². The van der Waals surface area contributed by atoms with Crippen LogP contribution in [0.4, 0.5) is 0 Å². The molecule has 1 unspecified atom stereocenters. The topological polar surface area (TPSA) is 84.8 Å². The zero-order chi connectivity index (χ0) is 16.4. The van der Waals surface area contributed by atoms with Crippen molar-refractivity contribution in [3.8, 4) is 0 Å². The lowest BCUT2D eigenvalue weighted by Crippen LogP contribution is -2.36. The lowest BCUT2D eigenvalue weighted by molar-refractivity contribution is -0.0804. The Morgan fingerprint density at radius 2 is 2.04 bits per heavy atom. The Hall–Kier alpha value is -2.05. The zero-order valence-electron chi connectivity index (χ0n) is 13.3. The van der Waals surface area contributed by atoms with Crippen molar-refractivity contribution in [1.29, 1.82) is 0 Å². The van der Waals surface area contributed by atoms with E-state index in [4.69, 9.17) is 13.6 Å². The van der Waals surface area contributed by atoms with Gasteiger partial charge in [0, 0.05) is 26.1 Å². The number of hydrogen-bond acceptors (Lipinski definition) is 5. The maximum absolute atomic E-state index is 12.5. The molecular weight excluding hydrogens is 298 g/mol. The summed E-state index contributed by atoms with van der Waals surface area (Å²) in [6.07, 6.45) is 2.25. The van der Waals surface area contributed by atoms with Crippen LogP contribution in [0, 0.1) is 6.92 Å². The van der Waals surface area contributed by atoms with Crippen molar-refractivity contribution < 1.29 is 23.5 Å². The molecule has 1 amide bonds. The number of aliphatic hydroxyl groups is 1. The second-order valence-electron chi connectivity index (χ2n) is 5.95. The molecule has 1 atom stereocenters. The van der Waals surface area contributed by atoms with Gasteiger partial charge >= 0.3 is 0 Å². The van der Waals surface area contributed by atoms with Crippen LogP contribution >= 0.6 is 0 Å². The highest BCUT2D eigenvalue weighted by Gasteiger charge is 2.38. The number of nitrogens with one attached hydrogen (secondary N) is 1. The molecule has 1 aliphatic rings.